The molecule has 0 spiro atoms. The Kier molecular flexibility index (Phi) is 7.14. The van der Waals surface area contributed by atoms with Crippen molar-refractivity contribution in [2.45, 2.75) is 26.7 Å². The smallest absolute Gasteiger partial charge is 0.134 e. The summed E-state index contributed by atoms with van der Waals surface area (Å²) in [4.78, 5) is 19.5. The zero-order valence-electron chi connectivity index (χ0n) is 12.0. The molecule has 0 aliphatic carbocycles. The van der Waals surface area contributed by atoms with E-state index in [4.69, 9.17) is 5.73 Å². The molecule has 0 atom stereocenters. The average molecular weight is 271 g/mol. The van der Waals surface area contributed by atoms with E-state index < -0.39 is 0 Å². The van der Waals surface area contributed by atoms with Gasteiger partial charge in [0.1, 0.15) is 5.78 Å². The SMILES string of the molecule is CC(=O)Cc1ccnc(-c2ccccn2)c1.CCCN. The zero-order chi connectivity index (χ0) is 14.8. The number of hydrogen-bond acceptors (Lipinski definition) is 4. The van der Waals surface area contributed by atoms with Crippen LogP contribution in [0.4, 0.5) is 0 Å². The summed E-state index contributed by atoms with van der Waals surface area (Å²) in [6.07, 6.45) is 4.99. The van der Waals surface area contributed by atoms with Crippen molar-refractivity contribution in [3.63, 3.8) is 0 Å². The Balaban J connectivity index is 0.000000444. The van der Waals surface area contributed by atoms with Gasteiger partial charge in [-0.05, 0) is 49.7 Å². The minimum absolute atomic E-state index is 0.151. The van der Waals surface area contributed by atoms with Crippen LogP contribution in [0, 0.1) is 0 Å². The minimum Gasteiger partial charge on any atom is -0.330 e. The van der Waals surface area contributed by atoms with Crippen LogP contribution in [-0.2, 0) is 11.2 Å². The van der Waals surface area contributed by atoms with Crippen LogP contribution in [0.2, 0.25) is 0 Å². The van der Waals surface area contributed by atoms with Gasteiger partial charge in [0.15, 0.2) is 0 Å². The van der Waals surface area contributed by atoms with Crippen molar-refractivity contribution in [3.8, 4) is 11.4 Å². The number of ketones is 1. The summed E-state index contributed by atoms with van der Waals surface area (Å²) < 4.78 is 0. The fourth-order valence-corrected chi connectivity index (χ4v) is 1.53. The lowest BCUT2D eigenvalue weighted by Crippen LogP contribution is -1.97. The molecular weight excluding hydrogens is 250 g/mol. The van der Waals surface area contributed by atoms with Crippen LogP contribution in [0.25, 0.3) is 11.4 Å². The molecule has 0 unspecified atom stereocenters. The van der Waals surface area contributed by atoms with Gasteiger partial charge in [-0.3, -0.25) is 14.8 Å². The summed E-state index contributed by atoms with van der Waals surface area (Å²) in [5.74, 6) is 0.151. The molecule has 0 aliphatic heterocycles. The first-order chi connectivity index (χ1) is 9.67. The third kappa shape index (κ3) is 5.71. The maximum atomic E-state index is 11.0. The van der Waals surface area contributed by atoms with Crippen molar-refractivity contribution >= 4 is 5.78 Å². The van der Waals surface area contributed by atoms with E-state index in [0.717, 1.165) is 29.9 Å². The molecule has 20 heavy (non-hydrogen) atoms. The van der Waals surface area contributed by atoms with E-state index in [0.29, 0.717) is 6.42 Å². The van der Waals surface area contributed by atoms with Crippen LogP contribution >= 0.6 is 0 Å². The van der Waals surface area contributed by atoms with E-state index in [1.54, 1.807) is 19.3 Å². The monoisotopic (exact) mass is 271 g/mol. The first-order valence-electron chi connectivity index (χ1n) is 6.73. The highest BCUT2D eigenvalue weighted by atomic mass is 16.1. The van der Waals surface area contributed by atoms with E-state index in [2.05, 4.69) is 16.9 Å². The first kappa shape index (κ1) is 16.0. The van der Waals surface area contributed by atoms with Crippen molar-refractivity contribution in [1.82, 2.24) is 9.97 Å². The molecule has 0 radical (unpaired) electrons. The topological polar surface area (TPSA) is 68.9 Å². The highest BCUT2D eigenvalue weighted by Crippen LogP contribution is 2.14. The maximum absolute atomic E-state index is 11.0. The van der Waals surface area contributed by atoms with E-state index in [1.807, 2.05) is 30.3 Å². The number of pyridine rings is 2. The fraction of sp³-hybridized carbons (Fsp3) is 0.312. The van der Waals surface area contributed by atoms with Gasteiger partial charge in [-0.15, -0.1) is 0 Å². The van der Waals surface area contributed by atoms with Gasteiger partial charge in [0.05, 0.1) is 11.4 Å². The molecule has 2 N–H and O–H groups in total. The largest absolute Gasteiger partial charge is 0.330 e. The molecule has 0 aromatic carbocycles. The summed E-state index contributed by atoms with van der Waals surface area (Å²) in [5.41, 5.74) is 7.63. The first-order valence-corrected chi connectivity index (χ1v) is 6.73. The summed E-state index contributed by atoms with van der Waals surface area (Å²) in [6.45, 7) is 4.46. The van der Waals surface area contributed by atoms with Crippen LogP contribution < -0.4 is 5.73 Å². The molecule has 0 amide bonds. The summed E-state index contributed by atoms with van der Waals surface area (Å²) in [5, 5.41) is 0. The lowest BCUT2D eigenvalue weighted by molar-refractivity contribution is -0.116. The average Bonchev–Trinajstić information content (AvgIpc) is 2.48. The van der Waals surface area contributed by atoms with Gasteiger partial charge >= 0.3 is 0 Å². The van der Waals surface area contributed by atoms with Gasteiger partial charge in [0.25, 0.3) is 0 Å². The third-order valence-corrected chi connectivity index (χ3v) is 2.49. The molecule has 2 rings (SSSR count). The van der Waals surface area contributed by atoms with Crippen LogP contribution in [-0.4, -0.2) is 22.3 Å². The number of Topliss-reactive ketones (excluding diaryl/α,β-unsaturated/α-hetero) is 1. The summed E-state index contributed by atoms with van der Waals surface area (Å²) >= 11 is 0. The van der Waals surface area contributed by atoms with E-state index in [1.165, 1.54) is 0 Å². The minimum atomic E-state index is 0.151. The van der Waals surface area contributed by atoms with Gasteiger partial charge in [-0.2, -0.15) is 0 Å². The second kappa shape index (κ2) is 8.93. The summed E-state index contributed by atoms with van der Waals surface area (Å²) in [6, 6.07) is 9.45. The lowest BCUT2D eigenvalue weighted by atomic mass is 10.1. The molecule has 4 heteroatoms. The Labute approximate surface area is 120 Å². The van der Waals surface area contributed by atoms with Crippen LogP contribution in [0.1, 0.15) is 25.8 Å². The molecule has 0 saturated heterocycles. The Morgan fingerprint density at radius 2 is 1.85 bits per heavy atom. The number of nitrogens with two attached hydrogens (primary N) is 1. The maximum Gasteiger partial charge on any atom is 0.134 e. The third-order valence-electron chi connectivity index (χ3n) is 2.49. The van der Waals surface area contributed by atoms with Crippen molar-refractivity contribution in [2.24, 2.45) is 5.73 Å². The highest BCUT2D eigenvalue weighted by molar-refractivity contribution is 5.78. The van der Waals surface area contributed by atoms with E-state index >= 15 is 0 Å². The van der Waals surface area contributed by atoms with Gasteiger partial charge < -0.3 is 5.73 Å². The van der Waals surface area contributed by atoms with Crippen molar-refractivity contribution < 1.29 is 4.79 Å². The Morgan fingerprint density at radius 3 is 2.40 bits per heavy atom. The van der Waals surface area contributed by atoms with Crippen molar-refractivity contribution in [3.05, 3.63) is 48.3 Å². The van der Waals surface area contributed by atoms with Crippen molar-refractivity contribution in [2.75, 3.05) is 6.54 Å². The van der Waals surface area contributed by atoms with Gasteiger partial charge in [0.2, 0.25) is 0 Å². The van der Waals surface area contributed by atoms with Gasteiger partial charge in [0, 0.05) is 18.8 Å². The van der Waals surface area contributed by atoms with Crippen molar-refractivity contribution in [1.29, 1.82) is 0 Å². The number of aromatic nitrogens is 2. The van der Waals surface area contributed by atoms with Crippen LogP contribution in [0.3, 0.4) is 0 Å². The Bertz CT molecular complexity index is 524. The molecule has 106 valence electrons. The molecule has 4 nitrogen and oxygen atoms in total. The Morgan fingerprint density at radius 1 is 1.15 bits per heavy atom. The van der Waals surface area contributed by atoms with E-state index in [9.17, 15) is 4.79 Å². The number of carbonyl (C=O) groups is 1. The van der Waals surface area contributed by atoms with Crippen LogP contribution in [0.5, 0.6) is 0 Å². The molecular formula is C16H21N3O. The molecule has 2 heterocycles. The highest BCUT2D eigenvalue weighted by Gasteiger charge is 2.02. The predicted molar refractivity (Wildman–Crippen MR) is 81.2 cm³/mol. The fourth-order valence-electron chi connectivity index (χ4n) is 1.53. The second-order valence-electron chi connectivity index (χ2n) is 4.43. The predicted octanol–water partition coefficient (Wildman–Crippen LogP) is 2.63. The molecule has 2 aromatic heterocycles. The summed E-state index contributed by atoms with van der Waals surface area (Å²) in [7, 11) is 0. The lowest BCUT2D eigenvalue weighted by Gasteiger charge is -2.02. The quantitative estimate of drug-likeness (QED) is 0.928. The Hall–Kier alpha value is -2.07. The normalized spacial score (nSPS) is 9.55. The van der Waals surface area contributed by atoms with Gasteiger partial charge in [-0.1, -0.05) is 13.0 Å². The standard InChI is InChI=1S/C13H12N2O.C3H9N/c1-10(16)8-11-5-7-15-13(9-11)12-4-2-3-6-14-12;1-2-3-4/h2-7,9H,8H2,1H3;2-4H2,1H3. The van der Waals surface area contributed by atoms with Crippen LogP contribution in [0.15, 0.2) is 42.7 Å². The molecule has 0 fully saturated rings. The zero-order valence-corrected chi connectivity index (χ0v) is 12.0. The van der Waals surface area contributed by atoms with Gasteiger partial charge in [-0.25, -0.2) is 0 Å². The molecule has 0 saturated carbocycles. The van der Waals surface area contributed by atoms with E-state index in [-0.39, 0.29) is 5.78 Å². The number of nitrogens with zero attached hydrogens (tertiary/aromatic N) is 2. The molecule has 2 aromatic rings. The second-order valence-corrected chi connectivity index (χ2v) is 4.43. The number of hydrogen-bond donors (Lipinski definition) is 1. The number of rotatable bonds is 4. The molecule has 0 bridgehead atoms. The number of carbonyl (C=O) groups excluding carboxylic acids is 1. The molecule has 0 aliphatic rings.